The van der Waals surface area contributed by atoms with E-state index in [2.05, 4.69) is 15.0 Å². The highest BCUT2D eigenvalue weighted by molar-refractivity contribution is 8.77. The van der Waals surface area contributed by atoms with Crippen LogP contribution in [0.5, 0.6) is 0 Å². The summed E-state index contributed by atoms with van der Waals surface area (Å²) < 4.78 is 13.0. The summed E-state index contributed by atoms with van der Waals surface area (Å²) >= 11 is 0. The van der Waals surface area contributed by atoms with Crippen LogP contribution in [0.15, 0.2) is 59.3 Å². The molecule has 5 aromatic rings. The van der Waals surface area contributed by atoms with Crippen LogP contribution in [0.1, 0.15) is 10.4 Å². The Morgan fingerprint density at radius 2 is 2.03 bits per heavy atom. The minimum atomic E-state index is -0.332. The van der Waals surface area contributed by atoms with Crippen LogP contribution in [-0.2, 0) is 11.3 Å². The van der Waals surface area contributed by atoms with E-state index in [9.17, 15) is 4.79 Å². The van der Waals surface area contributed by atoms with Gasteiger partial charge < -0.3 is 20.6 Å². The lowest BCUT2D eigenvalue weighted by molar-refractivity contribution is 0.0342. The molecule has 12 heteroatoms. The number of carbonyl (C=O) groups is 1. The van der Waals surface area contributed by atoms with E-state index in [1.165, 1.54) is 6.33 Å². The summed E-state index contributed by atoms with van der Waals surface area (Å²) in [6.07, 6.45) is 1.15. The fourth-order valence-electron chi connectivity index (χ4n) is 4.02. The van der Waals surface area contributed by atoms with Gasteiger partial charge in [-0.2, -0.15) is 10.1 Å². The summed E-state index contributed by atoms with van der Waals surface area (Å²) in [5.74, 6) is 0.694. The Bertz CT molecular complexity index is 1550. The van der Waals surface area contributed by atoms with Crippen molar-refractivity contribution in [3.8, 4) is 11.3 Å². The zero-order valence-electron chi connectivity index (χ0n) is 18.2. The van der Waals surface area contributed by atoms with E-state index in [-0.39, 0.29) is 23.3 Å². The van der Waals surface area contributed by atoms with Crippen molar-refractivity contribution in [3.05, 3.63) is 60.4 Å². The van der Waals surface area contributed by atoms with E-state index in [0.717, 1.165) is 5.56 Å². The Labute approximate surface area is 206 Å². The lowest BCUT2D eigenvalue weighted by Crippen LogP contribution is -2.31. The minimum absolute atomic E-state index is 0.0161. The molecule has 176 valence electrons. The van der Waals surface area contributed by atoms with Crippen LogP contribution in [0.3, 0.4) is 0 Å². The predicted molar refractivity (Wildman–Crippen MR) is 137 cm³/mol. The summed E-state index contributed by atoms with van der Waals surface area (Å²) in [5.41, 5.74) is 15.7. The smallest absolute Gasteiger partial charge is 0.338 e. The summed E-state index contributed by atoms with van der Waals surface area (Å²) in [5, 5.41) is 5.48. The molecule has 0 spiro atoms. The van der Waals surface area contributed by atoms with Crippen molar-refractivity contribution in [1.29, 1.82) is 0 Å². The molecule has 1 fully saturated rings. The molecule has 0 radical (unpaired) electrons. The highest BCUT2D eigenvalue weighted by Gasteiger charge is 2.34. The van der Waals surface area contributed by atoms with Crippen molar-refractivity contribution in [2.45, 2.75) is 17.9 Å². The molecule has 10 nitrogen and oxygen atoms in total. The number of benzene rings is 2. The SMILES string of the molecule is Nc1nc2cc(-c3nn(C[C@H]4SSCC4OC(=O)c4ccccc4)c4ncnc(N)c34)ccc2o1. The van der Waals surface area contributed by atoms with Crippen LogP contribution in [0.25, 0.3) is 33.4 Å². The molecule has 1 aliphatic heterocycles. The summed E-state index contributed by atoms with van der Waals surface area (Å²) in [7, 11) is 3.35. The first-order valence-corrected chi connectivity index (χ1v) is 13.1. The molecule has 0 saturated carbocycles. The quantitative estimate of drug-likeness (QED) is 0.265. The number of hydrogen-bond donors (Lipinski definition) is 2. The molecule has 4 heterocycles. The number of hydrogen-bond acceptors (Lipinski definition) is 11. The number of ether oxygens (including phenoxy) is 1. The molecule has 2 atom stereocenters. The number of oxazole rings is 1. The number of carbonyl (C=O) groups excluding carboxylic acids is 1. The maximum atomic E-state index is 12.6. The summed E-state index contributed by atoms with van der Waals surface area (Å²) in [6, 6.07) is 14.6. The van der Waals surface area contributed by atoms with Gasteiger partial charge in [-0.05, 0) is 30.3 Å². The van der Waals surface area contributed by atoms with E-state index in [1.807, 2.05) is 30.3 Å². The molecule has 0 bridgehead atoms. The number of anilines is 2. The minimum Gasteiger partial charge on any atom is -0.457 e. The second kappa shape index (κ2) is 8.78. The van der Waals surface area contributed by atoms with Crippen molar-refractivity contribution in [3.63, 3.8) is 0 Å². The van der Waals surface area contributed by atoms with Crippen LogP contribution < -0.4 is 11.5 Å². The predicted octanol–water partition coefficient (Wildman–Crippen LogP) is 3.79. The lowest BCUT2D eigenvalue weighted by atomic mass is 10.1. The Balaban J connectivity index is 1.33. The molecule has 4 N–H and O–H groups in total. The molecular formula is C23H19N7O3S2. The lowest BCUT2D eigenvalue weighted by Gasteiger charge is -2.18. The van der Waals surface area contributed by atoms with Crippen molar-refractivity contribution in [1.82, 2.24) is 24.7 Å². The first kappa shape index (κ1) is 21.7. The van der Waals surface area contributed by atoms with Crippen LogP contribution >= 0.6 is 21.6 Å². The molecule has 0 aliphatic carbocycles. The molecular weight excluding hydrogens is 486 g/mol. The maximum absolute atomic E-state index is 12.6. The molecule has 1 aliphatic rings. The number of rotatable bonds is 5. The van der Waals surface area contributed by atoms with Gasteiger partial charge in [-0.15, -0.1) is 0 Å². The van der Waals surface area contributed by atoms with Gasteiger partial charge in [-0.1, -0.05) is 39.8 Å². The number of esters is 1. The molecule has 1 unspecified atom stereocenters. The zero-order chi connectivity index (χ0) is 23.9. The number of aromatic nitrogens is 5. The topological polar surface area (TPSA) is 148 Å². The molecule has 35 heavy (non-hydrogen) atoms. The summed E-state index contributed by atoms with van der Waals surface area (Å²) in [6.45, 7) is 0.483. The van der Waals surface area contributed by atoms with Crippen LogP contribution in [0.4, 0.5) is 11.8 Å². The van der Waals surface area contributed by atoms with Gasteiger partial charge in [0.05, 0.1) is 22.7 Å². The van der Waals surface area contributed by atoms with Crippen LogP contribution in [0.2, 0.25) is 0 Å². The van der Waals surface area contributed by atoms with Crippen molar-refractivity contribution in [2.75, 3.05) is 17.2 Å². The van der Waals surface area contributed by atoms with Gasteiger partial charge in [-0.3, -0.25) is 0 Å². The molecule has 2 aromatic carbocycles. The Hall–Kier alpha value is -3.77. The van der Waals surface area contributed by atoms with Gasteiger partial charge in [-0.25, -0.2) is 19.4 Å². The Morgan fingerprint density at radius 1 is 1.17 bits per heavy atom. The van der Waals surface area contributed by atoms with Gasteiger partial charge in [0.2, 0.25) is 0 Å². The van der Waals surface area contributed by atoms with Crippen LogP contribution in [-0.4, -0.2) is 47.8 Å². The van der Waals surface area contributed by atoms with Crippen molar-refractivity contribution < 1.29 is 13.9 Å². The number of nitrogens with two attached hydrogens (primary N) is 2. The molecule has 3 aromatic heterocycles. The first-order valence-electron chi connectivity index (χ1n) is 10.7. The largest absolute Gasteiger partial charge is 0.457 e. The third kappa shape index (κ3) is 4.04. The Kier molecular flexibility index (Phi) is 5.46. The average Bonchev–Trinajstić information content (AvgIpc) is 3.56. The highest BCUT2D eigenvalue weighted by Crippen LogP contribution is 2.41. The highest BCUT2D eigenvalue weighted by atomic mass is 33.1. The average molecular weight is 506 g/mol. The van der Waals surface area contributed by atoms with Gasteiger partial charge >= 0.3 is 5.97 Å². The fraction of sp³-hybridized carbons (Fsp3) is 0.174. The van der Waals surface area contributed by atoms with E-state index in [1.54, 1.807) is 44.5 Å². The van der Waals surface area contributed by atoms with E-state index >= 15 is 0 Å². The Morgan fingerprint density at radius 3 is 2.89 bits per heavy atom. The van der Waals surface area contributed by atoms with Crippen LogP contribution in [0, 0.1) is 0 Å². The second-order valence-electron chi connectivity index (χ2n) is 7.95. The maximum Gasteiger partial charge on any atom is 0.338 e. The zero-order valence-corrected chi connectivity index (χ0v) is 19.8. The van der Waals surface area contributed by atoms with E-state index < -0.39 is 0 Å². The fourth-order valence-corrected chi connectivity index (χ4v) is 7.03. The van der Waals surface area contributed by atoms with E-state index in [4.69, 9.17) is 25.7 Å². The van der Waals surface area contributed by atoms with Crippen molar-refractivity contribution in [2.24, 2.45) is 0 Å². The molecule has 0 amide bonds. The van der Waals surface area contributed by atoms with E-state index in [0.29, 0.717) is 51.5 Å². The monoisotopic (exact) mass is 505 g/mol. The van der Waals surface area contributed by atoms with Gasteiger partial charge in [0.1, 0.15) is 29.5 Å². The third-order valence-corrected chi connectivity index (χ3v) is 8.55. The molecule has 6 rings (SSSR count). The summed E-state index contributed by atoms with van der Waals surface area (Å²) in [4.78, 5) is 25.5. The number of nitrogen functional groups attached to an aromatic ring is 2. The molecule has 1 saturated heterocycles. The number of nitrogens with zero attached hydrogens (tertiary/aromatic N) is 5. The van der Waals surface area contributed by atoms with Gasteiger partial charge in [0.15, 0.2) is 11.2 Å². The normalized spacial score (nSPS) is 17.8. The van der Waals surface area contributed by atoms with Crippen molar-refractivity contribution >= 4 is 61.5 Å². The second-order valence-corrected chi connectivity index (χ2v) is 10.6. The third-order valence-electron chi connectivity index (χ3n) is 5.70. The van der Waals surface area contributed by atoms with Gasteiger partial charge in [0, 0.05) is 11.3 Å². The number of fused-ring (bicyclic) bond motifs is 2. The standard InChI is InChI=1S/C23H19N7O3S2/c24-20-18-19(13-6-7-15-14(8-13)28-23(25)33-15)29-30(21(18)27-11-26-20)9-17-16(10-34-35-17)32-22(31)12-4-2-1-3-5-12/h1-8,11,16-17H,9-10H2,(H2,25,28)(H2,24,26,27)/t16?,17-/m1/s1. The van der Waals surface area contributed by atoms with Gasteiger partial charge in [0.25, 0.3) is 6.01 Å². The first-order chi connectivity index (χ1) is 17.1.